The van der Waals surface area contributed by atoms with Gasteiger partial charge in [0.15, 0.2) is 11.5 Å². The zero-order valence-electron chi connectivity index (χ0n) is 22.0. The highest BCUT2D eigenvalue weighted by molar-refractivity contribution is 6.36. The van der Waals surface area contributed by atoms with Crippen molar-refractivity contribution in [3.8, 4) is 17.0 Å². The lowest BCUT2D eigenvalue weighted by Gasteiger charge is -2.34. The summed E-state index contributed by atoms with van der Waals surface area (Å²) in [5.41, 5.74) is -4.69. The van der Waals surface area contributed by atoms with Crippen LogP contribution in [-0.4, -0.2) is 51.5 Å². The van der Waals surface area contributed by atoms with E-state index in [0.29, 0.717) is 32.6 Å². The van der Waals surface area contributed by atoms with Gasteiger partial charge in [-0.1, -0.05) is 24.6 Å². The number of nitrogens with zero attached hydrogens (tertiary/aromatic N) is 2. The molecular weight excluding hydrogens is 549 g/mol. The number of amides is 1. The molecular formula is C26H31ClF5N3O4. The van der Waals surface area contributed by atoms with Crippen molar-refractivity contribution in [3.05, 3.63) is 34.5 Å². The number of alkyl halides is 5. The number of nitrogens with one attached hydrogen (secondary N) is 1. The van der Waals surface area contributed by atoms with Gasteiger partial charge in [-0.05, 0) is 64.5 Å². The second-order valence-electron chi connectivity index (χ2n) is 10.5. The fraction of sp³-hybridized carbons (Fsp3) is 0.577. The molecule has 0 radical (unpaired) electrons. The van der Waals surface area contributed by atoms with Gasteiger partial charge < -0.3 is 15.2 Å². The SMILES string of the molecule is CCn1nc(C(=O)NCC2(O)CCC(C)CC2)c(Cl)c1-c1ccc(C(=O)C(C)(C)C(F)(F)F)cc1OC(F)F. The van der Waals surface area contributed by atoms with E-state index in [4.69, 9.17) is 11.6 Å². The molecule has 1 aromatic heterocycles. The van der Waals surface area contributed by atoms with Gasteiger partial charge in [-0.2, -0.15) is 27.1 Å². The zero-order chi connectivity index (χ0) is 29.3. The summed E-state index contributed by atoms with van der Waals surface area (Å²) in [6.07, 6.45) is -2.23. The van der Waals surface area contributed by atoms with Crippen molar-refractivity contribution in [2.75, 3.05) is 6.54 Å². The lowest BCUT2D eigenvalue weighted by molar-refractivity contribution is -0.192. The number of halogens is 6. The minimum atomic E-state index is -4.89. The molecule has 1 heterocycles. The molecule has 1 amide bonds. The van der Waals surface area contributed by atoms with Crippen LogP contribution in [0.3, 0.4) is 0 Å². The summed E-state index contributed by atoms with van der Waals surface area (Å²) in [4.78, 5) is 25.6. The fourth-order valence-electron chi connectivity index (χ4n) is 4.42. The molecule has 13 heteroatoms. The number of aryl methyl sites for hydroxylation is 1. The summed E-state index contributed by atoms with van der Waals surface area (Å²) in [5.74, 6) is -2.17. The van der Waals surface area contributed by atoms with Crippen molar-refractivity contribution in [2.24, 2.45) is 11.3 Å². The van der Waals surface area contributed by atoms with Gasteiger partial charge in [0.2, 0.25) is 0 Å². The summed E-state index contributed by atoms with van der Waals surface area (Å²) in [5, 5.41) is 17.4. The van der Waals surface area contributed by atoms with E-state index in [-0.39, 0.29) is 35.1 Å². The molecule has 1 saturated carbocycles. The topological polar surface area (TPSA) is 93.5 Å². The molecule has 216 valence electrons. The molecule has 7 nitrogen and oxygen atoms in total. The molecule has 3 rings (SSSR count). The van der Waals surface area contributed by atoms with Gasteiger partial charge in [0.25, 0.3) is 5.91 Å². The molecule has 1 aromatic carbocycles. The zero-order valence-corrected chi connectivity index (χ0v) is 22.7. The number of carbonyl (C=O) groups is 2. The van der Waals surface area contributed by atoms with Gasteiger partial charge in [-0.25, -0.2) is 0 Å². The van der Waals surface area contributed by atoms with Gasteiger partial charge in [-0.3, -0.25) is 14.3 Å². The van der Waals surface area contributed by atoms with Crippen LogP contribution in [0.1, 0.15) is 74.2 Å². The Kier molecular flexibility index (Phi) is 9.01. The third-order valence-corrected chi connectivity index (χ3v) is 7.54. The average Bonchev–Trinajstić information content (AvgIpc) is 3.19. The minimum absolute atomic E-state index is 0.000694. The van der Waals surface area contributed by atoms with E-state index < -0.39 is 46.8 Å². The van der Waals surface area contributed by atoms with Crippen LogP contribution in [0.15, 0.2) is 18.2 Å². The number of hydrogen-bond donors (Lipinski definition) is 2. The smallest absolute Gasteiger partial charge is 0.401 e. The Morgan fingerprint density at radius 1 is 1.26 bits per heavy atom. The maximum atomic E-state index is 13.4. The summed E-state index contributed by atoms with van der Waals surface area (Å²) in [6, 6.07) is 2.96. The third kappa shape index (κ3) is 6.54. The quantitative estimate of drug-likeness (QED) is 0.270. The van der Waals surface area contributed by atoms with Crippen LogP contribution in [0.4, 0.5) is 22.0 Å². The number of benzene rings is 1. The standard InChI is InChI=1S/C26H31ClF5N3O4/c1-5-35-20(18(27)19(34-35)22(37)33-13-25(38)10-8-14(2)9-11-25)16-7-6-15(12-17(16)39-23(28)29)21(36)24(3,4)26(30,31)32/h6-7,12,14,23,38H,5,8-11,13H2,1-4H3,(H,33,37). The normalized spacial score (nSPS) is 20.3. The van der Waals surface area contributed by atoms with Gasteiger partial charge >= 0.3 is 12.8 Å². The largest absolute Gasteiger partial charge is 0.434 e. The predicted octanol–water partition coefficient (Wildman–Crippen LogP) is 6.27. The predicted molar refractivity (Wildman–Crippen MR) is 134 cm³/mol. The molecule has 0 atom stereocenters. The van der Waals surface area contributed by atoms with Gasteiger partial charge in [0, 0.05) is 24.2 Å². The van der Waals surface area contributed by atoms with E-state index in [0.717, 1.165) is 31.0 Å². The highest BCUT2D eigenvalue weighted by Crippen LogP contribution is 2.43. The molecule has 0 saturated heterocycles. The first-order valence-corrected chi connectivity index (χ1v) is 12.9. The number of Topliss-reactive ketones (excluding diaryl/α,β-unsaturated/α-hetero) is 1. The van der Waals surface area contributed by atoms with E-state index in [2.05, 4.69) is 22.1 Å². The first kappa shape index (κ1) is 30.8. The molecule has 0 spiro atoms. The highest BCUT2D eigenvalue weighted by Gasteiger charge is 2.53. The van der Waals surface area contributed by atoms with E-state index in [1.807, 2.05) is 0 Å². The average molecular weight is 580 g/mol. The molecule has 1 aliphatic rings. The molecule has 1 fully saturated rings. The first-order chi connectivity index (χ1) is 18.0. The number of aromatic nitrogens is 2. The van der Waals surface area contributed by atoms with E-state index in [1.165, 1.54) is 4.68 Å². The summed E-state index contributed by atoms with van der Waals surface area (Å²) < 4.78 is 72.7. The van der Waals surface area contributed by atoms with Crippen LogP contribution >= 0.6 is 11.6 Å². The molecule has 2 N–H and O–H groups in total. The molecule has 0 aliphatic heterocycles. The maximum Gasteiger partial charge on any atom is 0.401 e. The van der Waals surface area contributed by atoms with Crippen LogP contribution < -0.4 is 10.1 Å². The Balaban J connectivity index is 1.98. The van der Waals surface area contributed by atoms with Crippen molar-refractivity contribution in [1.82, 2.24) is 15.1 Å². The Labute approximate surface area is 227 Å². The van der Waals surface area contributed by atoms with Crippen LogP contribution in [0.25, 0.3) is 11.3 Å². The second-order valence-corrected chi connectivity index (χ2v) is 10.8. The van der Waals surface area contributed by atoms with E-state index in [1.54, 1.807) is 6.92 Å². The van der Waals surface area contributed by atoms with Crippen molar-refractivity contribution < 1.29 is 41.4 Å². The lowest BCUT2D eigenvalue weighted by atomic mass is 9.79. The fourth-order valence-corrected chi connectivity index (χ4v) is 4.74. The van der Waals surface area contributed by atoms with Crippen LogP contribution in [0.5, 0.6) is 5.75 Å². The Bertz CT molecular complexity index is 1220. The summed E-state index contributed by atoms with van der Waals surface area (Å²) in [6.45, 7) is 1.85. The van der Waals surface area contributed by atoms with Crippen molar-refractivity contribution >= 4 is 23.3 Å². The van der Waals surface area contributed by atoms with Crippen LogP contribution in [0, 0.1) is 11.3 Å². The van der Waals surface area contributed by atoms with Gasteiger partial charge in [0.05, 0.1) is 16.3 Å². The van der Waals surface area contributed by atoms with Crippen molar-refractivity contribution in [1.29, 1.82) is 0 Å². The van der Waals surface area contributed by atoms with Gasteiger partial charge in [0.1, 0.15) is 11.2 Å². The number of aliphatic hydroxyl groups is 1. The van der Waals surface area contributed by atoms with Crippen molar-refractivity contribution in [3.63, 3.8) is 0 Å². The number of rotatable bonds is 9. The Morgan fingerprint density at radius 2 is 1.87 bits per heavy atom. The highest BCUT2D eigenvalue weighted by atomic mass is 35.5. The Hall–Kier alpha value is -2.73. The minimum Gasteiger partial charge on any atom is -0.434 e. The second kappa shape index (κ2) is 11.4. The molecule has 1 aliphatic carbocycles. The van der Waals surface area contributed by atoms with E-state index in [9.17, 15) is 36.6 Å². The van der Waals surface area contributed by atoms with Crippen LogP contribution in [-0.2, 0) is 6.54 Å². The maximum absolute atomic E-state index is 13.4. The Morgan fingerprint density at radius 3 is 2.41 bits per heavy atom. The number of ketones is 1. The summed E-state index contributed by atoms with van der Waals surface area (Å²) >= 11 is 6.49. The van der Waals surface area contributed by atoms with E-state index >= 15 is 0 Å². The van der Waals surface area contributed by atoms with Crippen LogP contribution in [0.2, 0.25) is 5.02 Å². The van der Waals surface area contributed by atoms with Gasteiger partial charge in [-0.15, -0.1) is 0 Å². The lowest BCUT2D eigenvalue weighted by Crippen LogP contribution is -2.45. The number of ether oxygens (including phenoxy) is 1. The number of hydrogen-bond acceptors (Lipinski definition) is 5. The monoisotopic (exact) mass is 579 g/mol. The van der Waals surface area contributed by atoms with Crippen molar-refractivity contribution in [2.45, 2.75) is 78.3 Å². The molecule has 2 aromatic rings. The molecule has 39 heavy (non-hydrogen) atoms. The third-order valence-electron chi connectivity index (χ3n) is 7.18. The summed E-state index contributed by atoms with van der Waals surface area (Å²) in [7, 11) is 0. The number of carbonyl (C=O) groups excluding carboxylic acids is 2. The molecule has 0 bridgehead atoms. The first-order valence-electron chi connectivity index (χ1n) is 12.5. The molecule has 0 unspecified atom stereocenters.